The van der Waals surface area contributed by atoms with Crippen molar-refractivity contribution in [2.45, 2.75) is 6.92 Å². The van der Waals surface area contributed by atoms with Crippen LogP contribution in [0, 0.1) is 0 Å². The van der Waals surface area contributed by atoms with Crippen LogP contribution in [0.2, 0.25) is 10.0 Å². The molecule has 1 aliphatic heterocycles. The minimum absolute atomic E-state index is 0.152. The molecule has 0 spiro atoms. The number of urea groups is 1. The molecule has 5 nitrogen and oxygen atoms in total. The summed E-state index contributed by atoms with van der Waals surface area (Å²) in [7, 11) is 0. The molecule has 0 radical (unpaired) electrons. The number of benzene rings is 2. The maximum Gasteiger partial charge on any atom is 0.321 e. The molecule has 0 unspecified atom stereocenters. The lowest BCUT2D eigenvalue weighted by atomic mass is 10.2. The molecule has 3 rings (SSSR count). The molecule has 0 bridgehead atoms. The molecule has 2 aromatic carbocycles. The summed E-state index contributed by atoms with van der Waals surface area (Å²) < 4.78 is 5.71. The number of rotatable bonds is 4. The van der Waals surface area contributed by atoms with Gasteiger partial charge in [0.1, 0.15) is 5.75 Å². The van der Waals surface area contributed by atoms with Crippen LogP contribution in [0.4, 0.5) is 16.2 Å². The molecule has 1 fully saturated rings. The van der Waals surface area contributed by atoms with Gasteiger partial charge in [-0.05, 0) is 37.3 Å². The number of ether oxygens (including phenoxy) is 1. The van der Waals surface area contributed by atoms with Gasteiger partial charge in [-0.1, -0.05) is 35.3 Å². The molecule has 1 N–H and O–H groups in total. The van der Waals surface area contributed by atoms with Crippen LogP contribution in [0.3, 0.4) is 0 Å². The summed E-state index contributed by atoms with van der Waals surface area (Å²) in [6, 6.07) is 12.8. The molecule has 2 amide bonds. The third-order valence-electron chi connectivity index (χ3n) is 4.19. The zero-order valence-corrected chi connectivity index (χ0v) is 16.1. The number of nitrogens with one attached hydrogen (secondary N) is 1. The van der Waals surface area contributed by atoms with Gasteiger partial charge < -0.3 is 19.9 Å². The van der Waals surface area contributed by atoms with Gasteiger partial charge in [0.2, 0.25) is 0 Å². The molecule has 2 aromatic rings. The van der Waals surface area contributed by atoms with Crippen molar-refractivity contribution in [1.82, 2.24) is 4.90 Å². The summed E-state index contributed by atoms with van der Waals surface area (Å²) in [6.07, 6.45) is 0. The lowest BCUT2D eigenvalue weighted by Gasteiger charge is -2.36. The Kier molecular flexibility index (Phi) is 6.12. The van der Waals surface area contributed by atoms with Gasteiger partial charge in [-0.2, -0.15) is 0 Å². The van der Waals surface area contributed by atoms with E-state index in [1.807, 2.05) is 25.1 Å². The van der Waals surface area contributed by atoms with Gasteiger partial charge in [-0.3, -0.25) is 0 Å². The minimum atomic E-state index is -0.152. The van der Waals surface area contributed by atoms with Crippen LogP contribution < -0.4 is 15.0 Å². The van der Waals surface area contributed by atoms with E-state index in [9.17, 15) is 4.79 Å². The second-order valence-electron chi connectivity index (χ2n) is 5.96. The highest BCUT2D eigenvalue weighted by atomic mass is 35.5. The van der Waals surface area contributed by atoms with E-state index in [1.54, 1.807) is 23.1 Å². The normalized spacial score (nSPS) is 14.3. The number of para-hydroxylation sites is 2. The van der Waals surface area contributed by atoms with Crippen molar-refractivity contribution in [3.8, 4) is 5.75 Å². The van der Waals surface area contributed by atoms with E-state index < -0.39 is 0 Å². The number of anilines is 2. The predicted molar refractivity (Wildman–Crippen MR) is 107 cm³/mol. The molecule has 0 aromatic heterocycles. The van der Waals surface area contributed by atoms with Crippen LogP contribution in [-0.4, -0.2) is 43.7 Å². The highest BCUT2D eigenvalue weighted by molar-refractivity contribution is 6.35. The van der Waals surface area contributed by atoms with E-state index in [1.165, 1.54) is 0 Å². The molecule has 0 saturated carbocycles. The minimum Gasteiger partial charge on any atom is -0.492 e. The number of halogens is 2. The molecule has 0 atom stereocenters. The van der Waals surface area contributed by atoms with Gasteiger partial charge in [0, 0.05) is 41.9 Å². The summed E-state index contributed by atoms with van der Waals surface area (Å²) in [5.41, 5.74) is 1.66. The van der Waals surface area contributed by atoms with Crippen molar-refractivity contribution >= 4 is 40.6 Å². The smallest absolute Gasteiger partial charge is 0.321 e. The van der Waals surface area contributed by atoms with Gasteiger partial charge in [0.15, 0.2) is 0 Å². The topological polar surface area (TPSA) is 44.8 Å². The van der Waals surface area contributed by atoms with Gasteiger partial charge in [-0.25, -0.2) is 4.79 Å². The first-order chi connectivity index (χ1) is 12.6. The number of carbonyl (C=O) groups excluding carboxylic acids is 1. The quantitative estimate of drug-likeness (QED) is 0.814. The standard InChI is InChI=1S/C19H21Cl2N3O2/c1-2-26-18-6-4-3-5-17(18)23-7-9-24(10-8-23)19(25)22-16-12-14(20)11-15(21)13-16/h3-6,11-13H,2,7-10H2,1H3,(H,22,25). The SMILES string of the molecule is CCOc1ccccc1N1CCN(C(=O)Nc2cc(Cl)cc(Cl)c2)CC1. The van der Waals surface area contributed by atoms with Crippen LogP contribution in [-0.2, 0) is 0 Å². The fourth-order valence-corrected chi connectivity index (χ4v) is 3.50. The first kappa shape index (κ1) is 18.7. The van der Waals surface area contributed by atoms with Gasteiger partial charge in [0.05, 0.1) is 12.3 Å². The maximum atomic E-state index is 12.5. The van der Waals surface area contributed by atoms with Crippen LogP contribution >= 0.6 is 23.2 Å². The van der Waals surface area contributed by atoms with E-state index in [4.69, 9.17) is 27.9 Å². The summed E-state index contributed by atoms with van der Waals surface area (Å²) in [6.45, 7) is 5.34. The Morgan fingerprint density at radius 1 is 1.08 bits per heavy atom. The molecule has 7 heteroatoms. The Morgan fingerprint density at radius 3 is 2.38 bits per heavy atom. The number of nitrogens with zero attached hydrogens (tertiary/aromatic N) is 2. The fraction of sp³-hybridized carbons (Fsp3) is 0.316. The van der Waals surface area contributed by atoms with Crippen molar-refractivity contribution in [3.05, 3.63) is 52.5 Å². The number of hydrogen-bond donors (Lipinski definition) is 1. The lowest BCUT2D eigenvalue weighted by molar-refractivity contribution is 0.208. The number of hydrogen-bond acceptors (Lipinski definition) is 3. The molecule has 1 heterocycles. The van der Waals surface area contributed by atoms with E-state index in [0.29, 0.717) is 35.4 Å². The Bertz CT molecular complexity index is 757. The van der Waals surface area contributed by atoms with Crippen molar-refractivity contribution in [2.24, 2.45) is 0 Å². The molecule has 26 heavy (non-hydrogen) atoms. The van der Waals surface area contributed by atoms with Crippen molar-refractivity contribution < 1.29 is 9.53 Å². The van der Waals surface area contributed by atoms with Gasteiger partial charge >= 0.3 is 6.03 Å². The second kappa shape index (κ2) is 8.52. The molecule has 0 aliphatic carbocycles. The largest absolute Gasteiger partial charge is 0.492 e. The van der Waals surface area contributed by atoms with E-state index in [-0.39, 0.29) is 6.03 Å². The predicted octanol–water partition coefficient (Wildman–Crippen LogP) is 4.75. The Labute approximate surface area is 163 Å². The first-order valence-corrected chi connectivity index (χ1v) is 9.31. The van der Waals surface area contributed by atoms with E-state index in [2.05, 4.69) is 16.3 Å². The maximum absolute atomic E-state index is 12.5. The second-order valence-corrected chi connectivity index (χ2v) is 6.84. The highest BCUT2D eigenvalue weighted by Crippen LogP contribution is 2.29. The highest BCUT2D eigenvalue weighted by Gasteiger charge is 2.23. The molecular formula is C19H21Cl2N3O2. The molecule has 138 valence electrons. The summed E-state index contributed by atoms with van der Waals surface area (Å²) >= 11 is 12.0. The van der Waals surface area contributed by atoms with E-state index >= 15 is 0 Å². The summed E-state index contributed by atoms with van der Waals surface area (Å²) in [5, 5.41) is 3.84. The Hall–Kier alpha value is -2.11. The van der Waals surface area contributed by atoms with Gasteiger partial charge in [-0.15, -0.1) is 0 Å². The average molecular weight is 394 g/mol. The zero-order valence-electron chi connectivity index (χ0n) is 14.5. The van der Waals surface area contributed by atoms with Crippen LogP contribution in [0.1, 0.15) is 6.92 Å². The monoisotopic (exact) mass is 393 g/mol. The first-order valence-electron chi connectivity index (χ1n) is 8.55. The summed E-state index contributed by atoms with van der Waals surface area (Å²) in [5.74, 6) is 0.876. The van der Waals surface area contributed by atoms with Crippen LogP contribution in [0.25, 0.3) is 0 Å². The van der Waals surface area contributed by atoms with E-state index in [0.717, 1.165) is 24.5 Å². The van der Waals surface area contributed by atoms with Crippen molar-refractivity contribution in [1.29, 1.82) is 0 Å². The number of carbonyl (C=O) groups is 1. The number of piperazine rings is 1. The lowest BCUT2D eigenvalue weighted by Crippen LogP contribution is -2.50. The molecule has 1 aliphatic rings. The van der Waals surface area contributed by atoms with Crippen molar-refractivity contribution in [3.63, 3.8) is 0 Å². The summed E-state index contributed by atoms with van der Waals surface area (Å²) in [4.78, 5) is 16.5. The average Bonchev–Trinajstić information content (AvgIpc) is 2.62. The Morgan fingerprint density at radius 2 is 1.73 bits per heavy atom. The Balaban J connectivity index is 1.60. The van der Waals surface area contributed by atoms with Crippen LogP contribution in [0.5, 0.6) is 5.75 Å². The third kappa shape index (κ3) is 4.54. The molecular weight excluding hydrogens is 373 g/mol. The van der Waals surface area contributed by atoms with Gasteiger partial charge in [0.25, 0.3) is 0 Å². The molecule has 1 saturated heterocycles. The van der Waals surface area contributed by atoms with Crippen molar-refractivity contribution in [2.75, 3.05) is 43.0 Å². The zero-order chi connectivity index (χ0) is 18.5. The fourth-order valence-electron chi connectivity index (χ4n) is 2.97. The number of amides is 2. The van der Waals surface area contributed by atoms with Crippen LogP contribution in [0.15, 0.2) is 42.5 Å². The third-order valence-corrected chi connectivity index (χ3v) is 4.62.